The summed E-state index contributed by atoms with van der Waals surface area (Å²) in [6, 6.07) is 0. The number of rotatable bonds is 2. The maximum atomic E-state index is 8.41. The lowest BCUT2D eigenvalue weighted by atomic mass is 9.84. The van der Waals surface area contributed by atoms with E-state index in [9.17, 15) is 0 Å². The summed E-state index contributed by atoms with van der Waals surface area (Å²) in [5.41, 5.74) is -2.37. The molecule has 1 aromatic rings. The lowest BCUT2D eigenvalue weighted by Crippen LogP contribution is -2.41. The van der Waals surface area contributed by atoms with Crippen LogP contribution in [0.15, 0.2) is 0 Å². The summed E-state index contributed by atoms with van der Waals surface area (Å²) in [5.74, 6) is -3.15. The van der Waals surface area contributed by atoms with Crippen LogP contribution in [0.1, 0.15) is 71.7 Å². The molecule has 0 radical (unpaired) electrons. The largest absolute Gasteiger partial charge is 0.507 e. The number of hydrogen-bond donors (Lipinski definition) is 0. The smallest absolute Gasteiger partial charge is 0.399 e. The molecule has 0 saturated carbocycles. The van der Waals surface area contributed by atoms with Gasteiger partial charge in [-0.1, -0.05) is 13.7 Å². The van der Waals surface area contributed by atoms with Gasteiger partial charge in [0.25, 0.3) is 0 Å². The van der Waals surface area contributed by atoms with E-state index in [4.69, 9.17) is 23.0 Å². The van der Waals surface area contributed by atoms with Crippen molar-refractivity contribution in [1.82, 2.24) is 4.98 Å². The molecule has 0 spiro atoms. The fourth-order valence-corrected chi connectivity index (χ4v) is 2.40. The second-order valence-corrected chi connectivity index (χ2v) is 6.23. The Bertz CT molecular complexity index is 722. The van der Waals surface area contributed by atoms with Crippen LogP contribution in [0.2, 0.25) is 0 Å². The zero-order chi connectivity index (χ0) is 22.1. The molecule has 0 aliphatic carbocycles. The van der Waals surface area contributed by atoms with Gasteiger partial charge in [0.2, 0.25) is 0 Å². The van der Waals surface area contributed by atoms with Crippen LogP contribution in [0.25, 0.3) is 0 Å². The predicted octanol–water partition coefficient (Wildman–Crippen LogP) is 2.87. The lowest BCUT2D eigenvalue weighted by molar-refractivity contribution is 0.00578. The van der Waals surface area contributed by atoms with Crippen LogP contribution >= 0.6 is 11.3 Å². The third-order valence-corrected chi connectivity index (χ3v) is 4.25. The first kappa shape index (κ1) is 5.94. The van der Waals surface area contributed by atoms with E-state index in [2.05, 4.69) is 4.98 Å². The fraction of sp³-hybridized carbons (Fsp3) is 0.769. The maximum Gasteiger partial charge on any atom is 0.507 e. The lowest BCUT2D eigenvalue weighted by Gasteiger charge is -2.32. The van der Waals surface area contributed by atoms with E-state index in [1.54, 1.807) is 27.7 Å². The Hall–Kier alpha value is -0.385. The van der Waals surface area contributed by atoms with E-state index in [0.717, 1.165) is 0 Å². The first-order valence-corrected chi connectivity index (χ1v) is 6.34. The number of aromatic nitrogens is 1. The van der Waals surface area contributed by atoms with Crippen molar-refractivity contribution in [2.24, 2.45) is 0 Å². The predicted molar refractivity (Wildman–Crippen MR) is 76.7 cm³/mol. The maximum absolute atomic E-state index is 8.41. The third-order valence-electron chi connectivity index (χ3n) is 3.36. The molecule has 1 aliphatic rings. The van der Waals surface area contributed by atoms with Gasteiger partial charge in [-0.25, -0.2) is 4.98 Å². The Kier molecular flexibility index (Phi) is 1.43. The minimum atomic E-state index is -3.31. The zero-order valence-corrected chi connectivity index (χ0v) is 11.6. The highest BCUT2D eigenvalue weighted by Crippen LogP contribution is 2.37. The normalized spacial score (nSPS) is 32.8. The van der Waals surface area contributed by atoms with Gasteiger partial charge < -0.3 is 9.31 Å². The minimum Gasteiger partial charge on any atom is -0.399 e. The van der Waals surface area contributed by atoms with Crippen molar-refractivity contribution in [1.29, 1.82) is 0 Å². The molecule has 0 N–H and O–H groups in total. The average Bonchev–Trinajstić information content (AvgIpc) is 2.95. The van der Waals surface area contributed by atoms with Crippen LogP contribution in [-0.2, 0) is 9.31 Å². The molecule has 2 heterocycles. The monoisotopic (exact) mass is 277 g/mol. The summed E-state index contributed by atoms with van der Waals surface area (Å²) in [5, 5.41) is -0.475. The van der Waals surface area contributed by atoms with E-state index >= 15 is 0 Å². The van der Waals surface area contributed by atoms with Crippen molar-refractivity contribution in [3.8, 4) is 0 Å². The van der Waals surface area contributed by atoms with Gasteiger partial charge in [-0.05, 0) is 40.4 Å². The number of hydrogen-bond acceptors (Lipinski definition) is 4. The SMILES string of the molecule is [2H]C([2H])([2H])c1nc(C([2H])(C([2H])([2H])[2H])C([2H])([2H])[2H])c(B2OC(C)(C)C(C)(C)O2)s1. The van der Waals surface area contributed by atoms with Crippen LogP contribution < -0.4 is 4.78 Å². The van der Waals surface area contributed by atoms with Crippen molar-refractivity contribution in [3.05, 3.63) is 10.7 Å². The summed E-state index contributed by atoms with van der Waals surface area (Å²) in [7, 11) is -1.25. The highest BCUT2D eigenvalue weighted by atomic mass is 32.1. The first-order valence-electron chi connectivity index (χ1n) is 10.5. The topological polar surface area (TPSA) is 31.4 Å². The summed E-state index contributed by atoms with van der Waals surface area (Å²) in [6.45, 7) is -2.39. The van der Waals surface area contributed by atoms with Gasteiger partial charge in [0, 0.05) is 13.7 Å². The van der Waals surface area contributed by atoms with Gasteiger partial charge in [0.1, 0.15) is 0 Å². The van der Waals surface area contributed by atoms with Crippen molar-refractivity contribution in [2.75, 3.05) is 0 Å². The van der Waals surface area contributed by atoms with E-state index in [1.165, 1.54) is 0 Å². The molecule has 2 rings (SSSR count). The van der Waals surface area contributed by atoms with E-state index in [-0.39, 0.29) is 4.78 Å². The summed E-state index contributed by atoms with van der Waals surface area (Å²) < 4.78 is 88.9. The van der Waals surface area contributed by atoms with Gasteiger partial charge in [0.05, 0.1) is 26.7 Å². The Morgan fingerprint density at radius 3 is 2.39 bits per heavy atom. The molecule has 3 nitrogen and oxygen atoms in total. The Balaban J connectivity index is 2.77. The standard InChI is InChI=1S/C13H22BNO2S/c1-8(2)10-11(18-9(3)15-10)14-16-12(4,5)13(6,7)17-14/h8H,1-7H3/i1D3,2D3,3D3,8D. The zero-order valence-electron chi connectivity index (χ0n) is 20.7. The van der Waals surface area contributed by atoms with Crippen molar-refractivity contribution in [2.45, 2.75) is 65.3 Å². The summed E-state index contributed by atoms with van der Waals surface area (Å²) in [4.78, 5) is 3.82. The van der Waals surface area contributed by atoms with Crippen molar-refractivity contribution < 1.29 is 23.0 Å². The second kappa shape index (κ2) is 4.32. The summed E-state index contributed by atoms with van der Waals surface area (Å²) in [6.07, 6.45) is 0. The van der Waals surface area contributed by atoms with Gasteiger partial charge in [-0.3, -0.25) is 0 Å². The summed E-state index contributed by atoms with van der Waals surface area (Å²) >= 11 is 0.581. The number of aryl methyl sites for hydroxylation is 1. The quantitative estimate of drug-likeness (QED) is 0.779. The van der Waals surface area contributed by atoms with E-state index < -0.39 is 55.5 Å². The minimum absolute atomic E-state index is 0.132. The molecule has 0 bridgehead atoms. The average molecular weight is 277 g/mol. The second-order valence-electron chi connectivity index (χ2n) is 5.20. The number of thiazole rings is 1. The molecule has 100 valence electrons. The molecule has 5 heteroatoms. The van der Waals surface area contributed by atoms with Gasteiger partial charge in [-0.15, -0.1) is 11.3 Å². The molecule has 0 atom stereocenters. The fourth-order valence-electron chi connectivity index (χ4n) is 1.62. The highest BCUT2D eigenvalue weighted by molar-refractivity contribution is 7.22. The van der Waals surface area contributed by atoms with Gasteiger partial charge in [-0.2, -0.15) is 0 Å². The van der Waals surface area contributed by atoms with Crippen LogP contribution in [-0.4, -0.2) is 23.3 Å². The van der Waals surface area contributed by atoms with Crippen LogP contribution in [0, 0.1) is 6.85 Å². The molecule has 18 heavy (non-hydrogen) atoms. The van der Waals surface area contributed by atoms with E-state index in [0.29, 0.717) is 11.3 Å². The molecule has 1 aliphatic heterocycles. The Morgan fingerprint density at radius 2 is 1.89 bits per heavy atom. The molecule has 1 aromatic heterocycles. The van der Waals surface area contributed by atoms with Gasteiger partial charge >= 0.3 is 7.12 Å². The van der Waals surface area contributed by atoms with Crippen molar-refractivity contribution >= 4 is 23.2 Å². The number of nitrogens with zero attached hydrogens (tertiary/aromatic N) is 1. The molecule has 0 amide bonds. The molecular weight excluding hydrogens is 245 g/mol. The molecule has 0 aromatic carbocycles. The van der Waals surface area contributed by atoms with Crippen LogP contribution in [0.4, 0.5) is 0 Å². The van der Waals surface area contributed by atoms with Crippen LogP contribution in [0.3, 0.4) is 0 Å². The first-order chi connectivity index (χ1) is 12.2. The van der Waals surface area contributed by atoms with Gasteiger partial charge in [0.15, 0.2) is 0 Å². The van der Waals surface area contributed by atoms with E-state index in [1.807, 2.05) is 0 Å². The molecule has 1 saturated heterocycles. The Labute approximate surface area is 128 Å². The third kappa shape index (κ3) is 2.24. The highest BCUT2D eigenvalue weighted by Gasteiger charge is 2.53. The molecule has 0 unspecified atom stereocenters. The Morgan fingerprint density at radius 1 is 1.28 bits per heavy atom. The van der Waals surface area contributed by atoms with Crippen LogP contribution in [0.5, 0.6) is 0 Å². The van der Waals surface area contributed by atoms with Crippen molar-refractivity contribution in [3.63, 3.8) is 0 Å². The molecular formula is C13H22BNO2S. The molecule has 1 fully saturated rings.